The lowest BCUT2D eigenvalue weighted by molar-refractivity contribution is 0.0904. The van der Waals surface area contributed by atoms with Gasteiger partial charge < -0.3 is 5.32 Å². The minimum atomic E-state index is 0.756. The van der Waals surface area contributed by atoms with Crippen LogP contribution < -0.4 is 5.32 Å². The Bertz CT molecular complexity index is 256. The summed E-state index contributed by atoms with van der Waals surface area (Å²) in [6.07, 6.45) is 5.61. The molecule has 3 heterocycles. The van der Waals surface area contributed by atoms with Crippen molar-refractivity contribution >= 4 is 0 Å². The number of hydrogen-bond acceptors (Lipinski definition) is 3. The largest absolute Gasteiger partial charge is 0.313 e. The van der Waals surface area contributed by atoms with Gasteiger partial charge in [-0.25, -0.2) is 0 Å². The SMILES string of the molecule is CC1CCNC(CN2CCN3CCCC3C2)C1. The summed E-state index contributed by atoms with van der Waals surface area (Å²) in [5, 5.41) is 3.70. The topological polar surface area (TPSA) is 18.5 Å². The van der Waals surface area contributed by atoms with Crippen molar-refractivity contribution in [3.63, 3.8) is 0 Å². The number of piperazine rings is 1. The van der Waals surface area contributed by atoms with Crippen LogP contribution in [-0.2, 0) is 0 Å². The quantitative estimate of drug-likeness (QED) is 0.777. The van der Waals surface area contributed by atoms with Crippen LogP contribution in [0.1, 0.15) is 32.6 Å². The van der Waals surface area contributed by atoms with Crippen molar-refractivity contribution in [3.05, 3.63) is 0 Å². The molecular formula is C14H27N3. The Morgan fingerprint density at radius 3 is 3.00 bits per heavy atom. The molecule has 0 aromatic rings. The summed E-state index contributed by atoms with van der Waals surface area (Å²) < 4.78 is 0. The molecule has 0 spiro atoms. The van der Waals surface area contributed by atoms with Gasteiger partial charge in [0, 0.05) is 38.3 Å². The van der Waals surface area contributed by atoms with Crippen LogP contribution in [0.4, 0.5) is 0 Å². The molecule has 0 bridgehead atoms. The molecule has 0 aliphatic carbocycles. The highest BCUT2D eigenvalue weighted by Gasteiger charge is 2.31. The van der Waals surface area contributed by atoms with Crippen molar-refractivity contribution < 1.29 is 0 Å². The highest BCUT2D eigenvalue weighted by Crippen LogP contribution is 2.22. The van der Waals surface area contributed by atoms with E-state index in [0.29, 0.717) is 0 Å². The fourth-order valence-corrected chi connectivity index (χ4v) is 3.89. The van der Waals surface area contributed by atoms with E-state index in [9.17, 15) is 0 Å². The van der Waals surface area contributed by atoms with Crippen LogP contribution in [0, 0.1) is 5.92 Å². The van der Waals surface area contributed by atoms with Gasteiger partial charge in [-0.2, -0.15) is 0 Å². The summed E-state index contributed by atoms with van der Waals surface area (Å²) in [6.45, 7) is 10.2. The molecule has 17 heavy (non-hydrogen) atoms. The van der Waals surface area contributed by atoms with Gasteiger partial charge in [0.15, 0.2) is 0 Å². The van der Waals surface area contributed by atoms with Gasteiger partial charge in [-0.15, -0.1) is 0 Å². The molecule has 3 aliphatic heterocycles. The Balaban J connectivity index is 1.48. The van der Waals surface area contributed by atoms with Crippen molar-refractivity contribution in [1.82, 2.24) is 15.1 Å². The molecule has 1 N–H and O–H groups in total. The van der Waals surface area contributed by atoms with Crippen LogP contribution in [0.2, 0.25) is 0 Å². The Morgan fingerprint density at radius 2 is 2.12 bits per heavy atom. The van der Waals surface area contributed by atoms with Crippen molar-refractivity contribution in [2.24, 2.45) is 5.92 Å². The first kappa shape index (κ1) is 11.9. The fraction of sp³-hybridized carbons (Fsp3) is 1.00. The molecule has 0 aromatic heterocycles. The lowest BCUT2D eigenvalue weighted by Gasteiger charge is -2.40. The second kappa shape index (κ2) is 5.25. The monoisotopic (exact) mass is 237 g/mol. The second-order valence-electron chi connectivity index (χ2n) is 6.37. The van der Waals surface area contributed by atoms with Crippen molar-refractivity contribution in [2.75, 3.05) is 39.3 Å². The fourth-order valence-electron chi connectivity index (χ4n) is 3.89. The highest BCUT2D eigenvalue weighted by molar-refractivity contribution is 4.89. The molecule has 0 amide bonds. The summed E-state index contributed by atoms with van der Waals surface area (Å²) in [4.78, 5) is 5.41. The van der Waals surface area contributed by atoms with Crippen LogP contribution >= 0.6 is 0 Å². The zero-order chi connectivity index (χ0) is 11.7. The van der Waals surface area contributed by atoms with Gasteiger partial charge in [-0.3, -0.25) is 9.80 Å². The molecule has 0 aromatic carbocycles. The number of rotatable bonds is 2. The van der Waals surface area contributed by atoms with E-state index in [1.165, 1.54) is 65.0 Å². The molecule has 3 saturated heterocycles. The van der Waals surface area contributed by atoms with E-state index < -0.39 is 0 Å². The first-order chi connectivity index (χ1) is 8.31. The van der Waals surface area contributed by atoms with Crippen molar-refractivity contribution in [2.45, 2.75) is 44.7 Å². The van der Waals surface area contributed by atoms with E-state index in [-0.39, 0.29) is 0 Å². The minimum Gasteiger partial charge on any atom is -0.313 e. The summed E-state index contributed by atoms with van der Waals surface area (Å²) >= 11 is 0. The smallest absolute Gasteiger partial charge is 0.0224 e. The molecule has 3 rings (SSSR count). The van der Waals surface area contributed by atoms with Crippen LogP contribution in [0.5, 0.6) is 0 Å². The second-order valence-corrected chi connectivity index (χ2v) is 6.37. The molecule has 3 atom stereocenters. The Labute approximate surface area is 106 Å². The van der Waals surface area contributed by atoms with Gasteiger partial charge in [-0.05, 0) is 44.7 Å². The van der Waals surface area contributed by atoms with Gasteiger partial charge in [0.2, 0.25) is 0 Å². The number of fused-ring (bicyclic) bond motifs is 1. The van der Waals surface area contributed by atoms with E-state index in [1.807, 2.05) is 0 Å². The summed E-state index contributed by atoms with van der Waals surface area (Å²) in [7, 11) is 0. The molecule has 0 saturated carbocycles. The molecule has 3 aliphatic rings. The third kappa shape index (κ3) is 2.83. The van der Waals surface area contributed by atoms with Crippen LogP contribution in [0.15, 0.2) is 0 Å². The molecule has 3 fully saturated rings. The normalized spacial score (nSPS) is 40.4. The number of nitrogens with one attached hydrogen (secondary N) is 1. The predicted octanol–water partition coefficient (Wildman–Crippen LogP) is 1.15. The summed E-state index contributed by atoms with van der Waals surface area (Å²) in [5.41, 5.74) is 0. The lowest BCUT2D eigenvalue weighted by atomic mass is 9.94. The molecule has 98 valence electrons. The van der Waals surface area contributed by atoms with E-state index in [1.54, 1.807) is 0 Å². The maximum absolute atomic E-state index is 3.70. The maximum atomic E-state index is 3.70. The van der Waals surface area contributed by atoms with Gasteiger partial charge >= 0.3 is 0 Å². The zero-order valence-corrected chi connectivity index (χ0v) is 11.2. The van der Waals surface area contributed by atoms with Crippen molar-refractivity contribution in [3.8, 4) is 0 Å². The minimum absolute atomic E-state index is 0.756. The summed E-state index contributed by atoms with van der Waals surface area (Å²) in [6, 6.07) is 1.64. The predicted molar refractivity (Wildman–Crippen MR) is 71.2 cm³/mol. The van der Waals surface area contributed by atoms with Gasteiger partial charge in [0.25, 0.3) is 0 Å². The third-order valence-corrected chi connectivity index (χ3v) is 4.91. The van der Waals surface area contributed by atoms with Gasteiger partial charge in [0.1, 0.15) is 0 Å². The standard InChI is InChI=1S/C14H27N3/c1-12-4-5-15-13(9-12)10-16-7-8-17-6-2-3-14(17)11-16/h12-15H,2-11H2,1H3. The maximum Gasteiger partial charge on any atom is 0.0224 e. The molecular weight excluding hydrogens is 210 g/mol. The number of nitrogens with zero attached hydrogens (tertiary/aromatic N) is 2. The Kier molecular flexibility index (Phi) is 3.69. The summed E-state index contributed by atoms with van der Waals surface area (Å²) in [5.74, 6) is 0.925. The third-order valence-electron chi connectivity index (χ3n) is 4.91. The van der Waals surface area contributed by atoms with Crippen molar-refractivity contribution in [1.29, 1.82) is 0 Å². The van der Waals surface area contributed by atoms with E-state index >= 15 is 0 Å². The van der Waals surface area contributed by atoms with E-state index in [4.69, 9.17) is 0 Å². The molecule has 0 radical (unpaired) electrons. The van der Waals surface area contributed by atoms with Gasteiger partial charge in [-0.1, -0.05) is 6.92 Å². The van der Waals surface area contributed by atoms with Crippen LogP contribution in [-0.4, -0.2) is 61.2 Å². The average molecular weight is 237 g/mol. The zero-order valence-electron chi connectivity index (χ0n) is 11.2. The van der Waals surface area contributed by atoms with Crippen LogP contribution in [0.25, 0.3) is 0 Å². The number of piperidine rings is 1. The average Bonchev–Trinajstić information content (AvgIpc) is 2.76. The first-order valence-electron chi connectivity index (χ1n) is 7.51. The highest BCUT2D eigenvalue weighted by atomic mass is 15.3. The van der Waals surface area contributed by atoms with Crippen LogP contribution in [0.3, 0.4) is 0 Å². The Hall–Kier alpha value is -0.120. The molecule has 3 unspecified atom stereocenters. The first-order valence-corrected chi connectivity index (χ1v) is 7.51. The number of hydrogen-bond donors (Lipinski definition) is 1. The van der Waals surface area contributed by atoms with E-state index in [0.717, 1.165) is 18.0 Å². The van der Waals surface area contributed by atoms with Gasteiger partial charge in [0.05, 0.1) is 0 Å². The molecule has 3 heteroatoms. The Morgan fingerprint density at radius 1 is 1.18 bits per heavy atom. The van der Waals surface area contributed by atoms with E-state index in [2.05, 4.69) is 22.0 Å². The lowest BCUT2D eigenvalue weighted by Crippen LogP contribution is -2.54. The molecule has 3 nitrogen and oxygen atoms in total.